The van der Waals surface area contributed by atoms with Crippen LogP contribution in [-0.4, -0.2) is 43.5 Å². The van der Waals surface area contributed by atoms with Gasteiger partial charge in [0.25, 0.3) is 5.91 Å². The van der Waals surface area contributed by atoms with Crippen molar-refractivity contribution in [3.8, 4) is 0 Å². The zero-order valence-electron chi connectivity index (χ0n) is 13.5. The normalized spacial score (nSPS) is 16.7. The molecule has 2 aromatic carbocycles. The molecule has 0 spiro atoms. The topological polar surface area (TPSA) is 35.6 Å². The van der Waals surface area contributed by atoms with Gasteiger partial charge in [0.05, 0.1) is 10.7 Å². The minimum absolute atomic E-state index is 0.128. The SMILES string of the molecule is O=C(c1ccc2c(c1)CCN2)N1CCN(c2ccccc2Cl)CC1. The smallest absolute Gasteiger partial charge is 0.253 e. The van der Waals surface area contributed by atoms with Gasteiger partial charge in [0.1, 0.15) is 0 Å². The summed E-state index contributed by atoms with van der Waals surface area (Å²) in [5.74, 6) is 0.128. The van der Waals surface area contributed by atoms with Crippen molar-refractivity contribution in [2.75, 3.05) is 42.9 Å². The third-order valence-electron chi connectivity index (χ3n) is 4.82. The van der Waals surface area contributed by atoms with Crippen molar-refractivity contribution < 1.29 is 4.79 Å². The van der Waals surface area contributed by atoms with Crippen molar-refractivity contribution in [2.24, 2.45) is 0 Å². The van der Waals surface area contributed by atoms with Crippen molar-refractivity contribution in [3.63, 3.8) is 0 Å². The Hall–Kier alpha value is -2.20. The van der Waals surface area contributed by atoms with Crippen LogP contribution in [0.15, 0.2) is 42.5 Å². The fourth-order valence-corrected chi connectivity index (χ4v) is 3.73. The number of piperazine rings is 1. The number of halogens is 1. The van der Waals surface area contributed by atoms with E-state index in [9.17, 15) is 4.79 Å². The van der Waals surface area contributed by atoms with Crippen LogP contribution in [0, 0.1) is 0 Å². The molecule has 0 bridgehead atoms. The van der Waals surface area contributed by atoms with Crippen LogP contribution in [0.25, 0.3) is 0 Å². The first kappa shape index (κ1) is 15.3. The second-order valence-corrected chi connectivity index (χ2v) is 6.69. The lowest BCUT2D eigenvalue weighted by molar-refractivity contribution is 0.0746. The van der Waals surface area contributed by atoms with Gasteiger partial charge in [-0.1, -0.05) is 23.7 Å². The Kier molecular flexibility index (Phi) is 4.07. The molecule has 2 aromatic rings. The second kappa shape index (κ2) is 6.36. The number of para-hydroxylation sites is 1. The monoisotopic (exact) mass is 341 g/mol. The Balaban J connectivity index is 1.44. The maximum atomic E-state index is 12.8. The molecule has 0 aromatic heterocycles. The largest absolute Gasteiger partial charge is 0.384 e. The van der Waals surface area contributed by atoms with E-state index in [0.717, 1.165) is 61.1 Å². The van der Waals surface area contributed by atoms with E-state index in [1.807, 2.05) is 47.4 Å². The fraction of sp³-hybridized carbons (Fsp3) is 0.316. The van der Waals surface area contributed by atoms with Gasteiger partial charge >= 0.3 is 0 Å². The molecular formula is C19H20ClN3O. The number of fused-ring (bicyclic) bond motifs is 1. The lowest BCUT2D eigenvalue weighted by Crippen LogP contribution is -2.48. The molecular weight excluding hydrogens is 322 g/mol. The predicted octanol–water partition coefficient (Wildman–Crippen LogP) is 3.27. The Morgan fingerprint density at radius 3 is 2.62 bits per heavy atom. The van der Waals surface area contributed by atoms with Crippen molar-refractivity contribution in [1.82, 2.24) is 4.90 Å². The molecule has 0 saturated carbocycles. The van der Waals surface area contributed by atoms with Crippen LogP contribution < -0.4 is 10.2 Å². The second-order valence-electron chi connectivity index (χ2n) is 6.28. The number of amides is 1. The Labute approximate surface area is 147 Å². The molecule has 124 valence electrons. The zero-order valence-corrected chi connectivity index (χ0v) is 14.2. The third kappa shape index (κ3) is 2.82. The van der Waals surface area contributed by atoms with E-state index in [0.29, 0.717) is 0 Å². The Morgan fingerprint density at radius 2 is 1.83 bits per heavy atom. The van der Waals surface area contributed by atoms with Crippen LogP contribution in [0.4, 0.5) is 11.4 Å². The predicted molar refractivity (Wildman–Crippen MR) is 98.2 cm³/mol. The summed E-state index contributed by atoms with van der Waals surface area (Å²) in [6.45, 7) is 4.02. The number of hydrogen-bond donors (Lipinski definition) is 1. The van der Waals surface area contributed by atoms with Gasteiger partial charge in [0.2, 0.25) is 0 Å². The molecule has 0 unspecified atom stereocenters. The van der Waals surface area contributed by atoms with Crippen LogP contribution in [-0.2, 0) is 6.42 Å². The Morgan fingerprint density at radius 1 is 1.04 bits per heavy atom. The molecule has 1 N–H and O–H groups in total. The summed E-state index contributed by atoms with van der Waals surface area (Å²) in [4.78, 5) is 17.0. The highest BCUT2D eigenvalue weighted by Gasteiger charge is 2.24. The van der Waals surface area contributed by atoms with E-state index in [-0.39, 0.29) is 5.91 Å². The highest BCUT2D eigenvalue weighted by atomic mass is 35.5. The van der Waals surface area contributed by atoms with Gasteiger partial charge in [0.15, 0.2) is 0 Å². The van der Waals surface area contributed by atoms with Crippen LogP contribution >= 0.6 is 11.6 Å². The summed E-state index contributed by atoms with van der Waals surface area (Å²) in [7, 11) is 0. The molecule has 0 aliphatic carbocycles. The molecule has 4 rings (SSSR count). The van der Waals surface area contributed by atoms with E-state index in [2.05, 4.69) is 10.2 Å². The summed E-state index contributed by atoms with van der Waals surface area (Å²) >= 11 is 6.28. The van der Waals surface area contributed by atoms with Crippen molar-refractivity contribution in [2.45, 2.75) is 6.42 Å². The first-order chi connectivity index (χ1) is 11.7. The first-order valence-corrected chi connectivity index (χ1v) is 8.76. The number of hydrogen-bond acceptors (Lipinski definition) is 3. The van der Waals surface area contributed by atoms with Crippen molar-refractivity contribution >= 4 is 28.9 Å². The standard InChI is InChI=1S/C19H20ClN3O/c20-16-3-1-2-4-18(16)22-9-11-23(12-10-22)19(24)15-5-6-17-14(13-15)7-8-21-17/h1-6,13,21H,7-12H2. The molecule has 0 radical (unpaired) electrons. The summed E-state index contributed by atoms with van der Waals surface area (Å²) < 4.78 is 0. The maximum Gasteiger partial charge on any atom is 0.253 e. The number of benzene rings is 2. The molecule has 2 aliphatic heterocycles. The highest BCUT2D eigenvalue weighted by molar-refractivity contribution is 6.33. The molecule has 2 heterocycles. The summed E-state index contributed by atoms with van der Waals surface area (Å²) in [5, 5.41) is 4.10. The average Bonchev–Trinajstić information content (AvgIpc) is 3.09. The van der Waals surface area contributed by atoms with E-state index in [1.54, 1.807) is 0 Å². The van der Waals surface area contributed by atoms with Gasteiger partial charge in [-0.05, 0) is 42.3 Å². The number of nitrogens with one attached hydrogen (secondary N) is 1. The van der Waals surface area contributed by atoms with Gasteiger partial charge in [-0.3, -0.25) is 4.79 Å². The number of carbonyl (C=O) groups excluding carboxylic acids is 1. The molecule has 2 aliphatic rings. The van der Waals surface area contributed by atoms with Gasteiger partial charge in [-0.25, -0.2) is 0 Å². The highest BCUT2D eigenvalue weighted by Crippen LogP contribution is 2.27. The summed E-state index contributed by atoms with van der Waals surface area (Å²) in [6.07, 6.45) is 0.997. The molecule has 1 fully saturated rings. The molecule has 1 amide bonds. The van der Waals surface area contributed by atoms with Crippen molar-refractivity contribution in [3.05, 3.63) is 58.6 Å². The van der Waals surface area contributed by atoms with Gasteiger partial charge in [-0.15, -0.1) is 0 Å². The van der Waals surface area contributed by atoms with Gasteiger partial charge < -0.3 is 15.1 Å². The number of carbonyl (C=O) groups is 1. The average molecular weight is 342 g/mol. The molecule has 5 heteroatoms. The maximum absolute atomic E-state index is 12.8. The van der Waals surface area contributed by atoms with E-state index >= 15 is 0 Å². The van der Waals surface area contributed by atoms with Crippen LogP contribution in [0.2, 0.25) is 5.02 Å². The zero-order chi connectivity index (χ0) is 16.5. The fourth-order valence-electron chi connectivity index (χ4n) is 3.48. The van der Waals surface area contributed by atoms with Crippen LogP contribution in [0.5, 0.6) is 0 Å². The molecule has 1 saturated heterocycles. The lowest BCUT2D eigenvalue weighted by atomic mass is 10.1. The van der Waals surface area contributed by atoms with Crippen molar-refractivity contribution in [1.29, 1.82) is 0 Å². The van der Waals surface area contributed by atoms with Gasteiger partial charge in [0, 0.05) is 44.0 Å². The van der Waals surface area contributed by atoms with E-state index < -0.39 is 0 Å². The van der Waals surface area contributed by atoms with E-state index in [1.165, 1.54) is 5.56 Å². The third-order valence-corrected chi connectivity index (χ3v) is 5.14. The summed E-state index contributed by atoms with van der Waals surface area (Å²) in [6, 6.07) is 13.9. The minimum Gasteiger partial charge on any atom is -0.384 e. The Bertz CT molecular complexity index is 769. The number of rotatable bonds is 2. The number of anilines is 2. The van der Waals surface area contributed by atoms with Crippen LogP contribution in [0.3, 0.4) is 0 Å². The lowest BCUT2D eigenvalue weighted by Gasteiger charge is -2.36. The van der Waals surface area contributed by atoms with E-state index in [4.69, 9.17) is 11.6 Å². The minimum atomic E-state index is 0.128. The van der Waals surface area contributed by atoms with Crippen LogP contribution in [0.1, 0.15) is 15.9 Å². The quantitative estimate of drug-likeness (QED) is 0.910. The molecule has 24 heavy (non-hydrogen) atoms. The molecule has 4 nitrogen and oxygen atoms in total. The first-order valence-electron chi connectivity index (χ1n) is 8.38. The number of nitrogens with zero attached hydrogens (tertiary/aromatic N) is 2. The van der Waals surface area contributed by atoms with Gasteiger partial charge in [-0.2, -0.15) is 0 Å². The molecule has 0 atom stereocenters. The summed E-state index contributed by atoms with van der Waals surface area (Å²) in [5.41, 5.74) is 4.25.